The lowest BCUT2D eigenvalue weighted by atomic mass is 10.1. The molecule has 2 aromatic rings. The second-order valence-electron chi connectivity index (χ2n) is 5.39. The van der Waals surface area contributed by atoms with Crippen molar-refractivity contribution >= 4 is 34.1 Å². The first-order chi connectivity index (χ1) is 12.5. The number of primary amides is 1. The van der Waals surface area contributed by atoms with Crippen LogP contribution >= 0.6 is 11.3 Å². The van der Waals surface area contributed by atoms with Crippen LogP contribution in [0.4, 0.5) is 5.00 Å². The summed E-state index contributed by atoms with van der Waals surface area (Å²) in [7, 11) is 0. The van der Waals surface area contributed by atoms with E-state index in [4.69, 9.17) is 19.9 Å². The number of benzene rings is 1. The summed E-state index contributed by atoms with van der Waals surface area (Å²) in [6.45, 7) is 0.488. The molecule has 1 aromatic heterocycles. The van der Waals surface area contributed by atoms with Crippen molar-refractivity contribution in [3.63, 3.8) is 0 Å². The van der Waals surface area contributed by atoms with Gasteiger partial charge in [-0.1, -0.05) is 6.07 Å². The number of rotatable bonds is 6. The minimum Gasteiger partial charge on any atom is -0.486 e. The molecule has 0 atom stereocenters. The predicted octanol–water partition coefficient (Wildman–Crippen LogP) is 1.34. The summed E-state index contributed by atoms with van der Waals surface area (Å²) >= 11 is 1.16. The molecule has 2 amide bonds. The van der Waals surface area contributed by atoms with Gasteiger partial charge in [0.25, 0.3) is 11.8 Å². The lowest BCUT2D eigenvalue weighted by molar-refractivity contribution is -0.146. The van der Waals surface area contributed by atoms with Crippen LogP contribution in [0.1, 0.15) is 15.9 Å². The summed E-state index contributed by atoms with van der Waals surface area (Å²) in [6, 6.07) is 6.68. The molecule has 9 heteroatoms. The molecular formula is C17H16N2O6S. The maximum Gasteiger partial charge on any atom is 0.310 e. The van der Waals surface area contributed by atoms with Gasteiger partial charge in [0.15, 0.2) is 18.1 Å². The molecule has 2 heterocycles. The van der Waals surface area contributed by atoms with Gasteiger partial charge in [0.05, 0.1) is 12.0 Å². The first-order valence-electron chi connectivity index (χ1n) is 7.74. The molecule has 0 fully saturated rings. The second-order valence-corrected chi connectivity index (χ2v) is 6.31. The number of nitrogens with two attached hydrogens (primary N) is 1. The molecule has 0 radical (unpaired) electrons. The minimum absolute atomic E-state index is 0.00451. The zero-order chi connectivity index (χ0) is 18.5. The summed E-state index contributed by atoms with van der Waals surface area (Å²) < 4.78 is 15.8. The highest BCUT2D eigenvalue weighted by molar-refractivity contribution is 7.14. The topological polar surface area (TPSA) is 117 Å². The molecule has 136 valence electrons. The third-order valence-electron chi connectivity index (χ3n) is 3.50. The lowest BCUT2D eigenvalue weighted by Crippen LogP contribution is -2.23. The van der Waals surface area contributed by atoms with Gasteiger partial charge in [-0.2, -0.15) is 0 Å². The van der Waals surface area contributed by atoms with Gasteiger partial charge in [-0.15, -0.1) is 11.3 Å². The van der Waals surface area contributed by atoms with Crippen LogP contribution in [0.25, 0.3) is 0 Å². The smallest absolute Gasteiger partial charge is 0.310 e. The molecule has 3 N–H and O–H groups in total. The predicted molar refractivity (Wildman–Crippen MR) is 93.6 cm³/mol. The highest BCUT2D eigenvalue weighted by Gasteiger charge is 2.16. The van der Waals surface area contributed by atoms with Crippen LogP contribution in [0.15, 0.2) is 29.6 Å². The van der Waals surface area contributed by atoms with Crippen molar-refractivity contribution in [1.29, 1.82) is 0 Å². The Hall–Kier alpha value is -3.07. The Labute approximate surface area is 152 Å². The number of carbonyl (C=O) groups is 3. The van der Waals surface area contributed by atoms with Crippen LogP contribution in [-0.4, -0.2) is 37.6 Å². The monoisotopic (exact) mass is 376 g/mol. The molecule has 0 aliphatic carbocycles. The molecule has 1 aliphatic rings. The van der Waals surface area contributed by atoms with Crippen LogP contribution in [0.2, 0.25) is 0 Å². The third-order valence-corrected chi connectivity index (χ3v) is 4.33. The van der Waals surface area contributed by atoms with Gasteiger partial charge < -0.3 is 25.3 Å². The van der Waals surface area contributed by atoms with Crippen LogP contribution < -0.4 is 20.5 Å². The van der Waals surface area contributed by atoms with Crippen LogP contribution in [-0.2, 0) is 20.7 Å². The number of esters is 1. The van der Waals surface area contributed by atoms with Crippen LogP contribution in [0.5, 0.6) is 11.5 Å². The molecular weight excluding hydrogens is 360 g/mol. The number of hydrogen-bond donors (Lipinski definition) is 2. The minimum atomic E-state index is -0.642. The Bertz CT molecular complexity index is 848. The van der Waals surface area contributed by atoms with Gasteiger partial charge in [0.2, 0.25) is 0 Å². The van der Waals surface area contributed by atoms with E-state index in [9.17, 15) is 14.4 Å². The van der Waals surface area contributed by atoms with Crippen molar-refractivity contribution in [3.05, 3.63) is 40.8 Å². The van der Waals surface area contributed by atoms with Gasteiger partial charge >= 0.3 is 5.97 Å². The zero-order valence-electron chi connectivity index (χ0n) is 13.7. The summed E-state index contributed by atoms with van der Waals surface area (Å²) in [6.07, 6.45) is -0.00451. The summed E-state index contributed by atoms with van der Waals surface area (Å²) in [4.78, 5) is 35.0. The van der Waals surface area contributed by atoms with Crippen molar-refractivity contribution in [2.24, 2.45) is 5.73 Å². The molecule has 8 nitrogen and oxygen atoms in total. The molecule has 3 rings (SSSR count). The molecule has 0 saturated heterocycles. The number of amides is 2. The van der Waals surface area contributed by atoms with E-state index < -0.39 is 24.4 Å². The van der Waals surface area contributed by atoms with Crippen molar-refractivity contribution in [1.82, 2.24) is 0 Å². The summed E-state index contributed by atoms with van der Waals surface area (Å²) in [5, 5.41) is 4.45. The van der Waals surface area contributed by atoms with Gasteiger partial charge in [-0.25, -0.2) is 0 Å². The van der Waals surface area contributed by atoms with Crippen LogP contribution in [0.3, 0.4) is 0 Å². The number of nitrogens with one attached hydrogen (secondary N) is 1. The average Bonchev–Trinajstić information content (AvgIpc) is 3.08. The fraction of sp³-hybridized carbons (Fsp3) is 0.235. The van der Waals surface area contributed by atoms with Crippen molar-refractivity contribution in [2.75, 3.05) is 25.1 Å². The van der Waals surface area contributed by atoms with Crippen molar-refractivity contribution in [3.8, 4) is 11.5 Å². The van der Waals surface area contributed by atoms with E-state index in [1.54, 1.807) is 23.6 Å². The zero-order valence-corrected chi connectivity index (χ0v) is 14.5. The Morgan fingerprint density at radius 3 is 2.69 bits per heavy atom. The van der Waals surface area contributed by atoms with Crippen molar-refractivity contribution < 1.29 is 28.6 Å². The van der Waals surface area contributed by atoms with Gasteiger partial charge in [0, 0.05) is 0 Å². The van der Waals surface area contributed by atoms with E-state index in [2.05, 4.69) is 5.32 Å². The Morgan fingerprint density at radius 1 is 1.15 bits per heavy atom. The second kappa shape index (κ2) is 7.87. The molecule has 1 aromatic carbocycles. The normalized spacial score (nSPS) is 12.3. The number of anilines is 1. The Balaban J connectivity index is 1.50. The Morgan fingerprint density at radius 2 is 1.92 bits per heavy atom. The van der Waals surface area contributed by atoms with Gasteiger partial charge in [-0.05, 0) is 29.1 Å². The summed E-state index contributed by atoms with van der Waals surface area (Å²) in [5.74, 6) is -0.536. The molecule has 0 unspecified atom stereocenters. The van der Waals surface area contributed by atoms with E-state index in [1.165, 1.54) is 6.07 Å². The first kappa shape index (κ1) is 17.7. The lowest BCUT2D eigenvalue weighted by Gasteiger charge is -2.18. The third kappa shape index (κ3) is 4.31. The number of carbonyl (C=O) groups excluding carboxylic acids is 3. The first-order valence-corrected chi connectivity index (χ1v) is 8.62. The van der Waals surface area contributed by atoms with E-state index in [1.807, 2.05) is 0 Å². The fourth-order valence-electron chi connectivity index (χ4n) is 2.32. The number of hydrogen-bond acceptors (Lipinski definition) is 7. The van der Waals surface area contributed by atoms with Crippen LogP contribution in [0, 0.1) is 0 Å². The molecule has 26 heavy (non-hydrogen) atoms. The SMILES string of the molecule is NC(=O)c1ccsc1NC(=O)COC(=O)Cc1ccc2c(c1)OCCO2. The highest BCUT2D eigenvalue weighted by Crippen LogP contribution is 2.30. The van der Waals surface area contributed by atoms with Gasteiger partial charge in [0.1, 0.15) is 18.2 Å². The quantitative estimate of drug-likeness (QED) is 0.735. The van der Waals surface area contributed by atoms with E-state index in [0.717, 1.165) is 11.3 Å². The molecule has 1 aliphatic heterocycles. The number of ether oxygens (including phenoxy) is 3. The van der Waals surface area contributed by atoms with Gasteiger partial charge in [-0.3, -0.25) is 14.4 Å². The standard InChI is InChI=1S/C17H16N2O6S/c18-16(22)11-3-6-26-17(11)19-14(20)9-25-15(21)8-10-1-2-12-13(7-10)24-5-4-23-12/h1-3,6-7H,4-5,8-9H2,(H2,18,22)(H,19,20). The number of thiophene rings is 1. The maximum atomic E-state index is 11.9. The van der Waals surface area contributed by atoms with E-state index in [0.29, 0.717) is 35.3 Å². The highest BCUT2D eigenvalue weighted by atomic mass is 32.1. The summed E-state index contributed by atoms with van der Waals surface area (Å²) in [5.41, 5.74) is 6.11. The number of fused-ring (bicyclic) bond motifs is 1. The van der Waals surface area contributed by atoms with E-state index in [-0.39, 0.29) is 12.0 Å². The average molecular weight is 376 g/mol. The Kier molecular flexibility index (Phi) is 5.37. The molecule has 0 bridgehead atoms. The largest absolute Gasteiger partial charge is 0.486 e. The fourth-order valence-corrected chi connectivity index (χ4v) is 3.13. The molecule has 0 spiro atoms. The van der Waals surface area contributed by atoms with Crippen molar-refractivity contribution in [2.45, 2.75) is 6.42 Å². The molecule has 0 saturated carbocycles. The van der Waals surface area contributed by atoms with E-state index >= 15 is 0 Å². The maximum absolute atomic E-state index is 11.9.